The van der Waals surface area contributed by atoms with E-state index in [1.54, 1.807) is 4.52 Å². The first kappa shape index (κ1) is 24.0. The summed E-state index contributed by atoms with van der Waals surface area (Å²) in [6.07, 6.45) is 0.801. The number of hydrogen-bond donors (Lipinski definition) is 2. The number of nitrogens with one attached hydrogen (secondary N) is 2. The lowest BCUT2D eigenvalue weighted by Gasteiger charge is -2.11. The van der Waals surface area contributed by atoms with Gasteiger partial charge in [0.05, 0.1) is 6.54 Å². The molecule has 0 atom stereocenters. The highest BCUT2D eigenvalue weighted by Gasteiger charge is 2.16. The van der Waals surface area contributed by atoms with Gasteiger partial charge in [0.2, 0.25) is 5.91 Å². The summed E-state index contributed by atoms with van der Waals surface area (Å²) in [5.74, 6) is -0.171. The van der Waals surface area contributed by atoms with Gasteiger partial charge in [-0.25, -0.2) is 13.9 Å². The number of rotatable bonds is 7. The van der Waals surface area contributed by atoms with E-state index in [9.17, 15) is 14.0 Å². The van der Waals surface area contributed by atoms with Crippen molar-refractivity contribution in [1.82, 2.24) is 24.9 Å². The number of carbonyl (C=O) groups excluding carboxylic acids is 2. The third-order valence-corrected chi connectivity index (χ3v) is 5.69. The lowest BCUT2D eigenvalue weighted by atomic mass is 10.1. The van der Waals surface area contributed by atoms with Gasteiger partial charge in [-0.3, -0.25) is 9.59 Å². The van der Waals surface area contributed by atoms with E-state index in [1.165, 1.54) is 24.3 Å². The number of carbonyl (C=O) groups is 2. The number of anilines is 1. The molecule has 4 rings (SSSR count). The third-order valence-electron chi connectivity index (χ3n) is 5.69. The molecule has 9 heteroatoms. The minimum absolute atomic E-state index is 0.0742. The van der Waals surface area contributed by atoms with E-state index >= 15 is 0 Å². The molecule has 4 aromatic rings. The van der Waals surface area contributed by atoms with Gasteiger partial charge < -0.3 is 10.6 Å². The SMILES string of the molecule is Cc1cc(C)cc(NC(=O)CCc2c(C)nc3nc(CNC(=O)c4cccc(F)c4)nn3c2C)c1. The molecule has 2 N–H and O–H groups in total. The Kier molecular flexibility index (Phi) is 6.86. The fourth-order valence-corrected chi connectivity index (χ4v) is 4.09. The van der Waals surface area contributed by atoms with Crippen LogP contribution in [0.25, 0.3) is 5.78 Å². The topological polar surface area (TPSA) is 101 Å². The fourth-order valence-electron chi connectivity index (χ4n) is 4.09. The van der Waals surface area contributed by atoms with Crippen LogP contribution in [0, 0.1) is 33.5 Å². The number of halogens is 1. The van der Waals surface area contributed by atoms with E-state index in [-0.39, 0.29) is 18.0 Å². The van der Waals surface area contributed by atoms with Gasteiger partial charge in [-0.2, -0.15) is 4.98 Å². The number of benzene rings is 2. The Bertz CT molecular complexity index is 1410. The Morgan fingerprint density at radius 3 is 2.46 bits per heavy atom. The largest absolute Gasteiger partial charge is 0.345 e. The zero-order chi connectivity index (χ0) is 25.1. The summed E-state index contributed by atoms with van der Waals surface area (Å²) < 4.78 is 15.0. The van der Waals surface area contributed by atoms with Crippen molar-refractivity contribution in [1.29, 1.82) is 0 Å². The number of amides is 2. The van der Waals surface area contributed by atoms with E-state index in [2.05, 4.69) is 31.8 Å². The summed E-state index contributed by atoms with van der Waals surface area (Å²) in [4.78, 5) is 33.8. The molecule has 0 radical (unpaired) electrons. The Morgan fingerprint density at radius 2 is 1.74 bits per heavy atom. The van der Waals surface area contributed by atoms with Crippen LogP contribution in [0.1, 0.15) is 50.7 Å². The van der Waals surface area contributed by atoms with Crippen LogP contribution in [0.5, 0.6) is 0 Å². The highest BCUT2D eigenvalue weighted by atomic mass is 19.1. The van der Waals surface area contributed by atoms with E-state index in [1.807, 2.05) is 39.8 Å². The molecule has 0 aliphatic heterocycles. The molecule has 180 valence electrons. The predicted octanol–water partition coefficient (Wildman–Crippen LogP) is 4.00. The minimum atomic E-state index is -0.478. The molecule has 35 heavy (non-hydrogen) atoms. The molecule has 0 saturated heterocycles. The van der Waals surface area contributed by atoms with Crippen LogP contribution < -0.4 is 10.6 Å². The summed E-state index contributed by atoms with van der Waals surface area (Å²) in [7, 11) is 0. The lowest BCUT2D eigenvalue weighted by Crippen LogP contribution is -2.23. The average molecular weight is 475 g/mol. The van der Waals surface area contributed by atoms with E-state index in [0.717, 1.165) is 33.8 Å². The van der Waals surface area contributed by atoms with E-state index < -0.39 is 11.7 Å². The van der Waals surface area contributed by atoms with Crippen molar-refractivity contribution < 1.29 is 14.0 Å². The van der Waals surface area contributed by atoms with Gasteiger partial charge >= 0.3 is 0 Å². The highest BCUT2D eigenvalue weighted by Crippen LogP contribution is 2.18. The number of nitrogens with zero attached hydrogens (tertiary/aromatic N) is 4. The smallest absolute Gasteiger partial charge is 0.252 e. The van der Waals surface area contributed by atoms with Crippen molar-refractivity contribution in [3.05, 3.63) is 87.7 Å². The van der Waals surface area contributed by atoms with Crippen LogP contribution >= 0.6 is 0 Å². The van der Waals surface area contributed by atoms with Gasteiger partial charge in [0.15, 0.2) is 5.82 Å². The van der Waals surface area contributed by atoms with Crippen LogP contribution in [0.2, 0.25) is 0 Å². The molecular weight excluding hydrogens is 447 g/mol. The number of hydrogen-bond acceptors (Lipinski definition) is 5. The van der Waals surface area contributed by atoms with Crippen molar-refractivity contribution in [3.8, 4) is 0 Å². The molecule has 2 aromatic heterocycles. The van der Waals surface area contributed by atoms with Crippen LogP contribution in [-0.2, 0) is 17.8 Å². The van der Waals surface area contributed by atoms with Crippen molar-refractivity contribution in [2.24, 2.45) is 0 Å². The molecule has 0 saturated carbocycles. The summed E-state index contributed by atoms with van der Waals surface area (Å²) in [6.45, 7) is 7.85. The predicted molar refractivity (Wildman–Crippen MR) is 131 cm³/mol. The Hall–Kier alpha value is -4.14. The van der Waals surface area contributed by atoms with E-state index in [4.69, 9.17) is 0 Å². The van der Waals surface area contributed by atoms with Gasteiger partial charge in [-0.15, -0.1) is 5.10 Å². The van der Waals surface area contributed by atoms with Crippen molar-refractivity contribution >= 4 is 23.3 Å². The van der Waals surface area contributed by atoms with Crippen molar-refractivity contribution in [2.45, 2.75) is 47.1 Å². The second-order valence-corrected chi connectivity index (χ2v) is 8.62. The zero-order valence-corrected chi connectivity index (χ0v) is 20.1. The maximum absolute atomic E-state index is 13.4. The standard InChI is InChI=1S/C26H27FN6O2/c1-15-10-16(2)12-21(11-15)30-24(34)9-8-22-17(3)29-26-31-23(32-33(26)18(22)4)14-28-25(35)19-6-5-7-20(27)13-19/h5-7,10-13H,8-9,14H2,1-4H3,(H,28,35)(H,30,34). The van der Waals surface area contributed by atoms with Crippen molar-refractivity contribution in [3.63, 3.8) is 0 Å². The van der Waals surface area contributed by atoms with Crippen molar-refractivity contribution in [2.75, 3.05) is 5.32 Å². The number of aromatic nitrogens is 4. The molecule has 2 aromatic carbocycles. The first-order valence-corrected chi connectivity index (χ1v) is 11.3. The normalized spacial score (nSPS) is 11.0. The lowest BCUT2D eigenvalue weighted by molar-refractivity contribution is -0.116. The molecule has 2 heterocycles. The maximum atomic E-state index is 13.4. The number of fused-ring (bicyclic) bond motifs is 1. The third kappa shape index (κ3) is 5.68. The molecule has 0 aliphatic rings. The summed E-state index contributed by atoms with van der Waals surface area (Å²) >= 11 is 0. The molecule has 0 aliphatic carbocycles. The van der Waals surface area contributed by atoms with Gasteiger partial charge in [0.1, 0.15) is 5.82 Å². The molecule has 0 bridgehead atoms. The van der Waals surface area contributed by atoms with Gasteiger partial charge in [-0.05, 0) is 81.1 Å². The van der Waals surface area contributed by atoms with Crippen LogP contribution in [-0.4, -0.2) is 31.4 Å². The second-order valence-electron chi connectivity index (χ2n) is 8.62. The Balaban J connectivity index is 1.44. The maximum Gasteiger partial charge on any atom is 0.252 e. The first-order valence-electron chi connectivity index (χ1n) is 11.3. The van der Waals surface area contributed by atoms with Crippen LogP contribution in [0.4, 0.5) is 10.1 Å². The first-order chi connectivity index (χ1) is 16.7. The molecule has 0 fully saturated rings. The number of aryl methyl sites for hydroxylation is 4. The minimum Gasteiger partial charge on any atom is -0.345 e. The van der Waals surface area contributed by atoms with Crippen LogP contribution in [0.15, 0.2) is 42.5 Å². The highest BCUT2D eigenvalue weighted by molar-refractivity contribution is 5.94. The van der Waals surface area contributed by atoms with Gasteiger partial charge in [-0.1, -0.05) is 12.1 Å². The molecule has 0 spiro atoms. The average Bonchev–Trinajstić information content (AvgIpc) is 3.19. The molecule has 0 unspecified atom stereocenters. The molecular formula is C26H27FN6O2. The Labute approximate surface area is 202 Å². The quantitative estimate of drug-likeness (QED) is 0.422. The van der Waals surface area contributed by atoms with Crippen LogP contribution in [0.3, 0.4) is 0 Å². The Morgan fingerprint density at radius 1 is 1.00 bits per heavy atom. The second kappa shape index (κ2) is 10.0. The molecule has 8 nitrogen and oxygen atoms in total. The monoisotopic (exact) mass is 474 g/mol. The molecule has 2 amide bonds. The van der Waals surface area contributed by atoms with Gasteiger partial charge in [0.25, 0.3) is 11.7 Å². The summed E-state index contributed by atoms with van der Waals surface area (Å²) in [5.41, 5.74) is 5.73. The fraction of sp³-hybridized carbons (Fsp3) is 0.269. The zero-order valence-electron chi connectivity index (χ0n) is 20.1. The summed E-state index contributed by atoms with van der Waals surface area (Å²) in [5, 5.41) is 10.1. The van der Waals surface area contributed by atoms with Gasteiger partial charge in [0, 0.05) is 29.1 Å². The summed E-state index contributed by atoms with van der Waals surface area (Å²) in [6, 6.07) is 11.4. The van der Waals surface area contributed by atoms with E-state index in [0.29, 0.717) is 24.4 Å².